The van der Waals surface area contributed by atoms with Gasteiger partial charge in [0.2, 0.25) is 15.9 Å². The van der Waals surface area contributed by atoms with Gasteiger partial charge in [-0.2, -0.15) is 4.31 Å². The summed E-state index contributed by atoms with van der Waals surface area (Å²) in [6.45, 7) is 0.726. The highest BCUT2D eigenvalue weighted by Gasteiger charge is 2.27. The Hall–Kier alpha value is -2.52. The summed E-state index contributed by atoms with van der Waals surface area (Å²) in [4.78, 5) is 12.2. The van der Waals surface area contributed by atoms with E-state index in [4.69, 9.17) is 0 Å². The van der Waals surface area contributed by atoms with Crippen molar-refractivity contribution < 1.29 is 22.0 Å². The van der Waals surface area contributed by atoms with Crippen molar-refractivity contribution >= 4 is 27.3 Å². The lowest BCUT2D eigenvalue weighted by molar-refractivity contribution is -0.114. The Morgan fingerprint density at radius 1 is 1.07 bits per heavy atom. The second kappa shape index (κ2) is 8.01. The van der Waals surface area contributed by atoms with E-state index in [1.807, 2.05) is 0 Å². The molecular formula is C18H19F2N3O3S. The predicted molar refractivity (Wildman–Crippen MR) is 97.9 cm³/mol. The van der Waals surface area contributed by atoms with Crippen molar-refractivity contribution in [2.75, 3.05) is 30.3 Å². The average molecular weight is 395 g/mol. The molecule has 1 saturated heterocycles. The highest BCUT2D eigenvalue weighted by Crippen LogP contribution is 2.23. The summed E-state index contributed by atoms with van der Waals surface area (Å²) in [6, 6.07) is 8.98. The van der Waals surface area contributed by atoms with Crippen LogP contribution in [0.2, 0.25) is 0 Å². The molecule has 2 N–H and O–H groups in total. The molecule has 144 valence electrons. The number of amides is 1. The third-order valence-electron chi connectivity index (χ3n) is 4.19. The molecule has 1 aliphatic rings. The molecule has 0 saturated carbocycles. The van der Waals surface area contributed by atoms with E-state index in [1.54, 1.807) is 12.1 Å². The predicted octanol–water partition coefficient (Wildman–Crippen LogP) is 2.80. The fourth-order valence-corrected chi connectivity index (χ4v) is 4.39. The molecule has 0 unspecified atom stereocenters. The number of rotatable bonds is 6. The van der Waals surface area contributed by atoms with Crippen LogP contribution < -0.4 is 10.6 Å². The fourth-order valence-electron chi connectivity index (χ4n) is 2.83. The van der Waals surface area contributed by atoms with Gasteiger partial charge >= 0.3 is 0 Å². The van der Waals surface area contributed by atoms with Gasteiger partial charge in [-0.25, -0.2) is 17.2 Å². The first-order valence-corrected chi connectivity index (χ1v) is 9.89. The lowest BCUT2D eigenvalue weighted by Gasteiger charge is -2.16. The molecule has 9 heteroatoms. The molecule has 0 bridgehead atoms. The second-order valence-electron chi connectivity index (χ2n) is 6.16. The summed E-state index contributed by atoms with van der Waals surface area (Å²) in [7, 11) is -3.58. The Bertz CT molecular complexity index is 945. The van der Waals surface area contributed by atoms with Crippen molar-refractivity contribution in [3.63, 3.8) is 0 Å². The van der Waals surface area contributed by atoms with Crippen LogP contribution in [-0.4, -0.2) is 38.3 Å². The topological polar surface area (TPSA) is 78.5 Å². The number of nitrogens with zero attached hydrogens (tertiary/aromatic N) is 1. The van der Waals surface area contributed by atoms with Crippen LogP contribution in [0, 0.1) is 11.6 Å². The molecule has 1 amide bonds. The van der Waals surface area contributed by atoms with Gasteiger partial charge in [0.15, 0.2) is 0 Å². The molecule has 0 aliphatic carbocycles. The highest BCUT2D eigenvalue weighted by molar-refractivity contribution is 7.89. The van der Waals surface area contributed by atoms with E-state index in [-0.39, 0.29) is 17.1 Å². The van der Waals surface area contributed by atoms with E-state index < -0.39 is 27.6 Å². The van der Waals surface area contributed by atoms with Gasteiger partial charge in [0, 0.05) is 24.8 Å². The van der Waals surface area contributed by atoms with Crippen molar-refractivity contribution in [2.45, 2.75) is 17.7 Å². The molecule has 1 heterocycles. The van der Waals surface area contributed by atoms with Crippen LogP contribution in [-0.2, 0) is 14.8 Å². The SMILES string of the molecule is O=C(CNc1ccc(F)cc1F)Nc1cccc(S(=O)(=O)N2CCCC2)c1. The Morgan fingerprint density at radius 3 is 2.52 bits per heavy atom. The van der Waals surface area contributed by atoms with Crippen LogP contribution in [0.3, 0.4) is 0 Å². The smallest absolute Gasteiger partial charge is 0.243 e. The van der Waals surface area contributed by atoms with E-state index in [0.29, 0.717) is 24.8 Å². The normalized spacial score (nSPS) is 14.9. The van der Waals surface area contributed by atoms with Crippen molar-refractivity contribution in [3.05, 3.63) is 54.1 Å². The van der Waals surface area contributed by atoms with E-state index in [2.05, 4.69) is 10.6 Å². The van der Waals surface area contributed by atoms with Gasteiger partial charge in [0.1, 0.15) is 11.6 Å². The van der Waals surface area contributed by atoms with Gasteiger partial charge in [-0.15, -0.1) is 0 Å². The summed E-state index contributed by atoms with van der Waals surface area (Å²) in [6.07, 6.45) is 1.67. The summed E-state index contributed by atoms with van der Waals surface area (Å²) >= 11 is 0. The van der Waals surface area contributed by atoms with Crippen LogP contribution in [0.4, 0.5) is 20.2 Å². The summed E-state index contributed by atoms with van der Waals surface area (Å²) in [5.74, 6) is -2.01. The third-order valence-corrected chi connectivity index (χ3v) is 6.09. The minimum Gasteiger partial charge on any atom is -0.374 e. The zero-order chi connectivity index (χ0) is 19.4. The van der Waals surface area contributed by atoms with Gasteiger partial charge in [-0.3, -0.25) is 4.79 Å². The molecule has 1 aliphatic heterocycles. The number of hydrogen-bond acceptors (Lipinski definition) is 4. The fraction of sp³-hybridized carbons (Fsp3) is 0.278. The Balaban J connectivity index is 1.64. The second-order valence-corrected chi connectivity index (χ2v) is 8.10. The number of sulfonamides is 1. The van der Waals surface area contributed by atoms with Crippen LogP contribution in [0.1, 0.15) is 12.8 Å². The zero-order valence-electron chi connectivity index (χ0n) is 14.4. The highest BCUT2D eigenvalue weighted by atomic mass is 32.2. The molecule has 6 nitrogen and oxygen atoms in total. The molecule has 3 rings (SSSR count). The van der Waals surface area contributed by atoms with E-state index >= 15 is 0 Å². The molecule has 27 heavy (non-hydrogen) atoms. The maximum Gasteiger partial charge on any atom is 0.243 e. The van der Waals surface area contributed by atoms with Crippen molar-refractivity contribution in [1.29, 1.82) is 0 Å². The molecule has 2 aromatic carbocycles. The van der Waals surface area contributed by atoms with Gasteiger partial charge in [-0.1, -0.05) is 6.07 Å². The van der Waals surface area contributed by atoms with E-state index in [1.165, 1.54) is 22.5 Å². The number of hydrogen-bond donors (Lipinski definition) is 2. The van der Waals surface area contributed by atoms with Crippen LogP contribution in [0.5, 0.6) is 0 Å². The van der Waals surface area contributed by atoms with Crippen molar-refractivity contribution in [1.82, 2.24) is 4.31 Å². The quantitative estimate of drug-likeness (QED) is 0.788. The van der Waals surface area contributed by atoms with Crippen molar-refractivity contribution in [3.8, 4) is 0 Å². The third kappa shape index (κ3) is 4.61. The number of halogens is 2. The molecule has 0 atom stereocenters. The van der Waals surface area contributed by atoms with E-state index in [0.717, 1.165) is 18.9 Å². The maximum atomic E-state index is 13.6. The number of carbonyl (C=O) groups is 1. The van der Waals surface area contributed by atoms with Crippen LogP contribution >= 0.6 is 0 Å². The molecular weight excluding hydrogens is 376 g/mol. The van der Waals surface area contributed by atoms with E-state index in [9.17, 15) is 22.0 Å². The Morgan fingerprint density at radius 2 is 1.81 bits per heavy atom. The summed E-state index contributed by atoms with van der Waals surface area (Å²) < 4.78 is 53.0. The van der Waals surface area contributed by atoms with Crippen molar-refractivity contribution in [2.24, 2.45) is 0 Å². The number of carbonyl (C=O) groups excluding carboxylic acids is 1. The number of nitrogens with one attached hydrogen (secondary N) is 2. The molecule has 0 radical (unpaired) electrons. The lowest BCUT2D eigenvalue weighted by Crippen LogP contribution is -2.28. The van der Waals surface area contributed by atoms with Gasteiger partial charge in [-0.05, 0) is 43.2 Å². The van der Waals surface area contributed by atoms with Crippen LogP contribution in [0.15, 0.2) is 47.4 Å². The summed E-state index contributed by atoms with van der Waals surface area (Å²) in [5.41, 5.74) is 0.318. The Kier molecular flexibility index (Phi) is 5.71. The van der Waals surface area contributed by atoms with Crippen LogP contribution in [0.25, 0.3) is 0 Å². The molecule has 1 fully saturated rings. The largest absolute Gasteiger partial charge is 0.374 e. The zero-order valence-corrected chi connectivity index (χ0v) is 15.2. The minimum absolute atomic E-state index is 0.00286. The Labute approximate surface area is 156 Å². The first kappa shape index (κ1) is 19.2. The lowest BCUT2D eigenvalue weighted by atomic mass is 10.3. The first-order valence-electron chi connectivity index (χ1n) is 8.45. The standard InChI is InChI=1S/C18H19F2N3O3S/c19-13-6-7-17(16(20)10-13)21-12-18(24)22-14-4-3-5-15(11-14)27(25,26)23-8-1-2-9-23/h3-7,10-11,21H,1-2,8-9,12H2,(H,22,24). The maximum absolute atomic E-state index is 13.6. The monoisotopic (exact) mass is 395 g/mol. The molecule has 2 aromatic rings. The summed E-state index contributed by atoms with van der Waals surface area (Å²) in [5, 5.41) is 5.13. The van der Waals surface area contributed by atoms with Gasteiger partial charge in [0.25, 0.3) is 0 Å². The first-order chi connectivity index (χ1) is 12.9. The number of anilines is 2. The number of benzene rings is 2. The minimum atomic E-state index is -3.58. The molecule has 0 spiro atoms. The average Bonchev–Trinajstić information content (AvgIpc) is 3.17. The van der Waals surface area contributed by atoms with Gasteiger partial charge < -0.3 is 10.6 Å². The molecule has 0 aromatic heterocycles. The van der Waals surface area contributed by atoms with Gasteiger partial charge in [0.05, 0.1) is 17.1 Å².